The van der Waals surface area contributed by atoms with E-state index in [1.807, 2.05) is 31.2 Å². The third-order valence-electron chi connectivity index (χ3n) is 3.82. The second-order valence-corrected chi connectivity index (χ2v) is 5.60. The quantitative estimate of drug-likeness (QED) is 0.640. The van der Waals surface area contributed by atoms with Gasteiger partial charge in [-0.2, -0.15) is 0 Å². The summed E-state index contributed by atoms with van der Waals surface area (Å²) in [4.78, 5) is 4.27. The summed E-state index contributed by atoms with van der Waals surface area (Å²) in [7, 11) is 1.24. The van der Waals surface area contributed by atoms with Crippen molar-refractivity contribution in [2.24, 2.45) is 0 Å². The highest BCUT2D eigenvalue weighted by Gasteiger charge is 2.13. The Kier molecular flexibility index (Phi) is 7.72. The molecular formula is C18H24BNO5. The van der Waals surface area contributed by atoms with Crippen molar-refractivity contribution in [1.82, 2.24) is 4.98 Å². The lowest BCUT2D eigenvalue weighted by Crippen LogP contribution is -2.14. The van der Waals surface area contributed by atoms with Gasteiger partial charge in [0.2, 0.25) is 0 Å². The lowest BCUT2D eigenvalue weighted by Gasteiger charge is -2.16. The molecule has 0 spiro atoms. The topological polar surface area (TPSA) is 81.0 Å². The first-order valence-corrected chi connectivity index (χ1v) is 8.29. The molecule has 0 bridgehead atoms. The second-order valence-electron chi connectivity index (χ2n) is 5.60. The number of benzene rings is 1. The van der Waals surface area contributed by atoms with E-state index < -0.39 is 0 Å². The molecule has 1 aromatic heterocycles. The van der Waals surface area contributed by atoms with Crippen molar-refractivity contribution >= 4 is 7.69 Å². The molecular weight excluding hydrogens is 321 g/mol. The van der Waals surface area contributed by atoms with Crippen LogP contribution >= 0.6 is 0 Å². The molecule has 0 aliphatic rings. The molecule has 2 aromatic rings. The summed E-state index contributed by atoms with van der Waals surface area (Å²) in [6.45, 7) is 2.81. The summed E-state index contributed by atoms with van der Waals surface area (Å²) in [5, 5.41) is 18.3. The Morgan fingerprint density at radius 1 is 1.16 bits per heavy atom. The summed E-state index contributed by atoms with van der Waals surface area (Å²) < 4.78 is 16.1. The van der Waals surface area contributed by atoms with Crippen LogP contribution in [0.4, 0.5) is 0 Å². The van der Waals surface area contributed by atoms with Gasteiger partial charge in [-0.3, -0.25) is 4.98 Å². The number of hydrogen-bond acceptors (Lipinski definition) is 6. The van der Waals surface area contributed by atoms with Crippen LogP contribution in [0.5, 0.6) is 11.5 Å². The number of ether oxygens (including phenoxy) is 2. The van der Waals surface area contributed by atoms with Gasteiger partial charge in [0, 0.05) is 30.5 Å². The Balaban J connectivity index is 2.30. The highest BCUT2D eigenvalue weighted by molar-refractivity contribution is 6.15. The molecule has 7 heteroatoms. The number of pyridine rings is 1. The maximum absolute atomic E-state index is 9.55. The van der Waals surface area contributed by atoms with Crippen LogP contribution in [0, 0.1) is 0 Å². The third kappa shape index (κ3) is 5.19. The summed E-state index contributed by atoms with van der Waals surface area (Å²) in [5.41, 5.74) is 2.70. The van der Waals surface area contributed by atoms with Crippen molar-refractivity contribution in [3.63, 3.8) is 0 Å². The molecule has 25 heavy (non-hydrogen) atoms. The Morgan fingerprint density at radius 3 is 2.68 bits per heavy atom. The Bertz CT molecular complexity index is 668. The number of aromatic nitrogens is 1. The first-order chi connectivity index (χ1) is 12.2. The number of aliphatic hydroxyl groups excluding tert-OH is 1. The highest BCUT2D eigenvalue weighted by atomic mass is 16.5. The molecule has 0 fully saturated rings. The van der Waals surface area contributed by atoms with Gasteiger partial charge in [-0.15, -0.1) is 0 Å². The van der Waals surface area contributed by atoms with E-state index in [0.717, 1.165) is 23.1 Å². The maximum atomic E-state index is 9.55. The van der Waals surface area contributed by atoms with Gasteiger partial charge in [0.1, 0.15) is 0 Å². The SMILES string of the molecule is CCCOc1cc(-c2cncc([C@@H](CO)COBO)c2)ccc1OC. The first kappa shape index (κ1) is 19.2. The van der Waals surface area contributed by atoms with E-state index >= 15 is 0 Å². The van der Waals surface area contributed by atoms with E-state index in [1.165, 1.54) is 0 Å². The number of rotatable bonds is 10. The number of methoxy groups -OCH3 is 1. The molecule has 6 nitrogen and oxygen atoms in total. The van der Waals surface area contributed by atoms with Crippen molar-refractivity contribution in [2.75, 3.05) is 26.9 Å². The molecule has 1 atom stereocenters. The minimum Gasteiger partial charge on any atom is -0.493 e. The zero-order chi connectivity index (χ0) is 18.1. The average Bonchev–Trinajstić information content (AvgIpc) is 2.67. The molecule has 0 radical (unpaired) electrons. The molecule has 1 heterocycles. The molecule has 0 saturated heterocycles. The Morgan fingerprint density at radius 2 is 2.00 bits per heavy atom. The average molecular weight is 345 g/mol. The molecule has 0 saturated carbocycles. The fraction of sp³-hybridized carbons (Fsp3) is 0.389. The smallest absolute Gasteiger partial charge is 0.435 e. The molecule has 0 unspecified atom stereocenters. The Labute approximate surface area is 148 Å². The van der Waals surface area contributed by atoms with Crippen molar-refractivity contribution in [1.29, 1.82) is 0 Å². The van der Waals surface area contributed by atoms with Crippen molar-refractivity contribution in [3.05, 3.63) is 42.2 Å². The first-order valence-electron chi connectivity index (χ1n) is 8.29. The third-order valence-corrected chi connectivity index (χ3v) is 3.82. The number of aliphatic hydroxyl groups is 1. The molecule has 2 rings (SSSR count). The standard InChI is InChI=1S/C18H24BNO5/c1-3-6-24-18-8-13(4-5-17(18)23-2)14-7-15(10-20-9-14)16(11-21)12-25-19-22/h4-5,7-10,16,19,21-22H,3,6,11-12H2,1-2H3/t16-/m0/s1. The summed E-state index contributed by atoms with van der Waals surface area (Å²) in [6.07, 6.45) is 4.37. The second kappa shape index (κ2) is 10.0. The van der Waals surface area contributed by atoms with Gasteiger partial charge in [-0.05, 0) is 35.7 Å². The van der Waals surface area contributed by atoms with Crippen LogP contribution < -0.4 is 9.47 Å². The van der Waals surface area contributed by atoms with Crippen LogP contribution in [0.15, 0.2) is 36.7 Å². The predicted octanol–water partition coefficient (Wildman–Crippen LogP) is 1.90. The van der Waals surface area contributed by atoms with Gasteiger partial charge in [-0.1, -0.05) is 13.0 Å². The van der Waals surface area contributed by atoms with Gasteiger partial charge in [0.05, 0.1) is 20.3 Å². The van der Waals surface area contributed by atoms with E-state index in [1.54, 1.807) is 19.5 Å². The van der Waals surface area contributed by atoms with Crippen LogP contribution in [0.3, 0.4) is 0 Å². The van der Waals surface area contributed by atoms with Gasteiger partial charge < -0.3 is 24.3 Å². The molecule has 2 N–H and O–H groups in total. The highest BCUT2D eigenvalue weighted by Crippen LogP contribution is 2.33. The van der Waals surface area contributed by atoms with Crippen molar-refractivity contribution in [3.8, 4) is 22.6 Å². The van der Waals surface area contributed by atoms with E-state index in [-0.39, 0.29) is 26.8 Å². The molecule has 0 aliphatic heterocycles. The zero-order valence-electron chi connectivity index (χ0n) is 14.6. The summed E-state index contributed by atoms with van der Waals surface area (Å²) in [5.74, 6) is 1.13. The van der Waals surface area contributed by atoms with Crippen LogP contribution in [0.1, 0.15) is 24.8 Å². The molecule has 0 amide bonds. The van der Waals surface area contributed by atoms with Crippen LogP contribution in [0.2, 0.25) is 0 Å². The van der Waals surface area contributed by atoms with E-state index in [0.29, 0.717) is 18.1 Å². The monoisotopic (exact) mass is 345 g/mol. The predicted molar refractivity (Wildman–Crippen MR) is 97.2 cm³/mol. The summed E-state index contributed by atoms with van der Waals surface area (Å²) in [6, 6.07) is 7.69. The van der Waals surface area contributed by atoms with Crippen molar-refractivity contribution < 1.29 is 24.3 Å². The fourth-order valence-corrected chi connectivity index (χ4v) is 2.47. The van der Waals surface area contributed by atoms with Gasteiger partial charge in [0.25, 0.3) is 0 Å². The van der Waals surface area contributed by atoms with Crippen LogP contribution in [0.25, 0.3) is 11.1 Å². The van der Waals surface area contributed by atoms with Crippen LogP contribution in [-0.4, -0.2) is 49.7 Å². The largest absolute Gasteiger partial charge is 0.493 e. The fourth-order valence-electron chi connectivity index (χ4n) is 2.47. The van der Waals surface area contributed by atoms with Crippen molar-refractivity contribution in [2.45, 2.75) is 19.3 Å². The maximum Gasteiger partial charge on any atom is 0.435 e. The molecule has 1 aromatic carbocycles. The van der Waals surface area contributed by atoms with E-state index in [9.17, 15) is 5.11 Å². The Hall–Kier alpha value is -2.09. The number of nitrogens with zero attached hydrogens (tertiary/aromatic N) is 1. The van der Waals surface area contributed by atoms with E-state index in [4.69, 9.17) is 19.2 Å². The minimum atomic E-state index is -0.375. The zero-order valence-corrected chi connectivity index (χ0v) is 14.6. The van der Waals surface area contributed by atoms with Crippen LogP contribution in [-0.2, 0) is 4.65 Å². The normalized spacial score (nSPS) is 11.8. The summed E-state index contributed by atoms with van der Waals surface area (Å²) >= 11 is 0. The lowest BCUT2D eigenvalue weighted by molar-refractivity contribution is 0.195. The minimum absolute atomic E-state index is 0.0847. The van der Waals surface area contributed by atoms with E-state index in [2.05, 4.69) is 4.98 Å². The number of hydrogen-bond donors (Lipinski definition) is 2. The molecule has 0 aliphatic carbocycles. The lowest BCUT2D eigenvalue weighted by atomic mass is 9.98. The molecule has 134 valence electrons. The van der Waals surface area contributed by atoms with Gasteiger partial charge in [-0.25, -0.2) is 0 Å². The van der Waals surface area contributed by atoms with Gasteiger partial charge >= 0.3 is 7.69 Å². The van der Waals surface area contributed by atoms with Gasteiger partial charge in [0.15, 0.2) is 11.5 Å².